The Morgan fingerprint density at radius 1 is 1.50 bits per heavy atom. The van der Waals surface area contributed by atoms with Gasteiger partial charge in [-0.15, -0.1) is 0 Å². The summed E-state index contributed by atoms with van der Waals surface area (Å²) >= 11 is -0.191. The maximum atomic E-state index is 4.11. The molecule has 1 heterocycles. The second kappa shape index (κ2) is 2.91. The number of hydrogen-bond donors (Lipinski definition) is 0. The van der Waals surface area contributed by atoms with Crippen molar-refractivity contribution in [3.05, 3.63) is 24.5 Å². The first-order valence-corrected chi connectivity index (χ1v) is 6.69. The van der Waals surface area contributed by atoms with Gasteiger partial charge in [0.25, 0.3) is 0 Å². The summed E-state index contributed by atoms with van der Waals surface area (Å²) in [5.41, 5.74) is 0. The molecule has 0 N–H and O–H groups in total. The van der Waals surface area contributed by atoms with Gasteiger partial charge in [-0.3, -0.25) is 0 Å². The Balaban J connectivity index is 2.03. The molecule has 0 bridgehead atoms. The molecular weight excluding hydrogens is 229 g/mol. The summed E-state index contributed by atoms with van der Waals surface area (Å²) in [6, 6.07) is 4.29. The van der Waals surface area contributed by atoms with E-state index in [2.05, 4.69) is 17.1 Å². The molecule has 2 heteroatoms. The second-order valence-electron chi connectivity index (χ2n) is 2.66. The van der Waals surface area contributed by atoms with Gasteiger partial charge in [-0.2, -0.15) is 0 Å². The molecule has 1 saturated carbocycles. The van der Waals surface area contributed by atoms with E-state index in [1.807, 2.05) is 12.4 Å². The standard InChI is InChI=1S/C5H4N.C3H5.Sn/c1-2-4-6-5-3-1;1-2-3-1;/h1-2,4-5H;1H,2-3H2;. The zero-order chi connectivity index (χ0) is 6.81. The Morgan fingerprint density at radius 2 is 2.40 bits per heavy atom. The van der Waals surface area contributed by atoms with Crippen molar-refractivity contribution in [3.8, 4) is 0 Å². The monoisotopic (exact) mass is 239 g/mol. The Morgan fingerprint density at radius 3 is 3.00 bits per heavy atom. The molecule has 1 aromatic heterocycles. The van der Waals surface area contributed by atoms with E-state index in [0.717, 1.165) is 3.93 Å². The fourth-order valence-electron chi connectivity index (χ4n) is 0.912. The van der Waals surface area contributed by atoms with Crippen molar-refractivity contribution >= 4 is 24.7 Å². The van der Waals surface area contributed by atoms with Crippen molar-refractivity contribution in [2.24, 2.45) is 0 Å². The Bertz CT molecular complexity index is 206. The topological polar surface area (TPSA) is 12.9 Å². The third kappa shape index (κ3) is 1.72. The Labute approximate surface area is 71.1 Å². The fraction of sp³-hybridized carbons (Fsp3) is 0.375. The van der Waals surface area contributed by atoms with Crippen LogP contribution >= 0.6 is 0 Å². The minimum atomic E-state index is -0.191. The molecule has 0 atom stereocenters. The van der Waals surface area contributed by atoms with Gasteiger partial charge in [-0.05, 0) is 0 Å². The molecule has 0 aliphatic heterocycles. The van der Waals surface area contributed by atoms with E-state index in [1.54, 1.807) is 3.58 Å². The van der Waals surface area contributed by atoms with Gasteiger partial charge in [0.05, 0.1) is 0 Å². The normalized spacial score (nSPS) is 17.2. The summed E-state index contributed by atoms with van der Waals surface area (Å²) in [5, 5.41) is 0. The van der Waals surface area contributed by atoms with E-state index in [-0.39, 0.29) is 21.1 Å². The van der Waals surface area contributed by atoms with E-state index in [9.17, 15) is 0 Å². The summed E-state index contributed by atoms with van der Waals surface area (Å²) in [5.74, 6) is 0. The number of nitrogens with zero attached hydrogens (tertiary/aromatic N) is 1. The number of hydrogen-bond acceptors (Lipinski definition) is 1. The van der Waals surface area contributed by atoms with Crippen molar-refractivity contribution in [1.82, 2.24) is 4.98 Å². The molecule has 0 spiro atoms. The van der Waals surface area contributed by atoms with Crippen LogP contribution in [0.2, 0.25) is 3.93 Å². The summed E-state index contributed by atoms with van der Waals surface area (Å²) in [7, 11) is 0. The van der Waals surface area contributed by atoms with E-state index < -0.39 is 0 Å². The van der Waals surface area contributed by atoms with E-state index in [1.165, 1.54) is 12.8 Å². The molecule has 10 heavy (non-hydrogen) atoms. The molecule has 1 aromatic rings. The average Bonchev–Trinajstić information content (AvgIpc) is 2.74. The molecule has 50 valence electrons. The second-order valence-corrected chi connectivity index (χ2v) is 7.46. The van der Waals surface area contributed by atoms with E-state index in [4.69, 9.17) is 0 Å². The number of rotatable bonds is 2. The van der Waals surface area contributed by atoms with Crippen LogP contribution in [-0.2, 0) is 0 Å². The van der Waals surface area contributed by atoms with Crippen LogP contribution in [-0.4, -0.2) is 26.1 Å². The van der Waals surface area contributed by atoms with Crippen LogP contribution in [0.15, 0.2) is 24.5 Å². The third-order valence-corrected chi connectivity index (χ3v) is 6.22. The summed E-state index contributed by atoms with van der Waals surface area (Å²) in [6.07, 6.45) is 6.91. The molecule has 1 aliphatic rings. The van der Waals surface area contributed by atoms with Gasteiger partial charge in [0.2, 0.25) is 0 Å². The van der Waals surface area contributed by atoms with Gasteiger partial charge >= 0.3 is 71.0 Å². The number of pyridine rings is 1. The zero-order valence-corrected chi connectivity index (χ0v) is 8.60. The van der Waals surface area contributed by atoms with Crippen molar-refractivity contribution in [1.29, 1.82) is 0 Å². The van der Waals surface area contributed by atoms with Gasteiger partial charge in [0, 0.05) is 0 Å². The van der Waals surface area contributed by atoms with Crippen molar-refractivity contribution in [2.45, 2.75) is 16.8 Å². The SMILES string of the molecule is c1cnc[c]([Sn][CH]2CC2)c1. The maximum absolute atomic E-state index is 4.11. The average molecular weight is 238 g/mol. The summed E-state index contributed by atoms with van der Waals surface area (Å²) in [4.78, 5) is 4.11. The van der Waals surface area contributed by atoms with Crippen LogP contribution < -0.4 is 3.58 Å². The van der Waals surface area contributed by atoms with E-state index in [0.29, 0.717) is 0 Å². The molecular formula is C8H9NSn. The van der Waals surface area contributed by atoms with Gasteiger partial charge in [0.1, 0.15) is 0 Å². The fourth-order valence-corrected chi connectivity index (χ4v) is 4.53. The molecule has 1 nitrogen and oxygen atoms in total. The van der Waals surface area contributed by atoms with E-state index >= 15 is 0 Å². The minimum absolute atomic E-state index is 0.191. The Kier molecular flexibility index (Phi) is 1.93. The van der Waals surface area contributed by atoms with Gasteiger partial charge < -0.3 is 0 Å². The van der Waals surface area contributed by atoms with Gasteiger partial charge in [-0.1, -0.05) is 0 Å². The van der Waals surface area contributed by atoms with Gasteiger partial charge in [-0.25, -0.2) is 0 Å². The van der Waals surface area contributed by atoms with Crippen LogP contribution in [0.4, 0.5) is 0 Å². The zero-order valence-electron chi connectivity index (χ0n) is 5.75. The first kappa shape index (κ1) is 6.65. The molecule has 0 aromatic carbocycles. The third-order valence-electron chi connectivity index (χ3n) is 1.61. The molecule has 1 aliphatic carbocycles. The van der Waals surface area contributed by atoms with Crippen molar-refractivity contribution < 1.29 is 0 Å². The summed E-state index contributed by atoms with van der Waals surface area (Å²) < 4.78 is 2.71. The quantitative estimate of drug-likeness (QED) is 0.700. The molecule has 2 rings (SSSR count). The van der Waals surface area contributed by atoms with Crippen LogP contribution in [0, 0.1) is 0 Å². The molecule has 0 saturated heterocycles. The summed E-state index contributed by atoms with van der Waals surface area (Å²) in [6.45, 7) is 0. The number of aromatic nitrogens is 1. The predicted octanol–water partition coefficient (Wildman–Crippen LogP) is 0.993. The first-order chi connectivity index (χ1) is 4.95. The van der Waals surface area contributed by atoms with Crippen LogP contribution in [0.25, 0.3) is 0 Å². The first-order valence-electron chi connectivity index (χ1n) is 3.62. The van der Waals surface area contributed by atoms with Crippen LogP contribution in [0.5, 0.6) is 0 Å². The van der Waals surface area contributed by atoms with Crippen LogP contribution in [0.1, 0.15) is 12.8 Å². The molecule has 1 fully saturated rings. The van der Waals surface area contributed by atoms with Gasteiger partial charge in [0.15, 0.2) is 0 Å². The Hall–Kier alpha value is -0.0513. The van der Waals surface area contributed by atoms with Crippen LogP contribution in [0.3, 0.4) is 0 Å². The predicted molar refractivity (Wildman–Crippen MR) is 42.6 cm³/mol. The molecule has 2 radical (unpaired) electrons. The van der Waals surface area contributed by atoms with Crippen molar-refractivity contribution in [3.63, 3.8) is 0 Å². The van der Waals surface area contributed by atoms with Crippen molar-refractivity contribution in [2.75, 3.05) is 0 Å². The molecule has 0 amide bonds. The molecule has 0 unspecified atom stereocenters.